The number of aliphatic carboxylic acids is 1. The molecule has 122 valence electrons. The number of hydrogen-bond acceptors (Lipinski definition) is 3. The molecule has 0 aliphatic rings. The summed E-state index contributed by atoms with van der Waals surface area (Å²) in [7, 11) is 0. The summed E-state index contributed by atoms with van der Waals surface area (Å²) in [6, 6.07) is 6.37. The number of quaternary nitrogens is 1. The second-order valence-corrected chi connectivity index (χ2v) is 6.10. The third-order valence-corrected chi connectivity index (χ3v) is 4.06. The highest BCUT2D eigenvalue weighted by atomic mass is 79.9. The summed E-state index contributed by atoms with van der Waals surface area (Å²) in [5.41, 5.74) is 0.632. The van der Waals surface area contributed by atoms with Crippen LogP contribution in [0.1, 0.15) is 39.0 Å². The number of carboxylic acids is 1. The van der Waals surface area contributed by atoms with Crippen molar-refractivity contribution in [3.8, 4) is 0 Å². The molecule has 1 atom stereocenters. The topological polar surface area (TPSA) is 85.8 Å². The van der Waals surface area contributed by atoms with Gasteiger partial charge in [0.1, 0.15) is 6.04 Å². The molecule has 0 unspecified atom stereocenters. The summed E-state index contributed by atoms with van der Waals surface area (Å²) in [5, 5.41) is 15.5. The van der Waals surface area contributed by atoms with Crippen molar-refractivity contribution >= 4 is 33.5 Å². The second-order valence-electron chi connectivity index (χ2n) is 5.24. The minimum absolute atomic E-state index is 0.0998. The summed E-state index contributed by atoms with van der Waals surface area (Å²) in [4.78, 5) is 23.1. The van der Waals surface area contributed by atoms with Gasteiger partial charge < -0.3 is 20.5 Å². The van der Waals surface area contributed by atoms with Gasteiger partial charge in [0.15, 0.2) is 0 Å². The highest BCUT2D eigenvalue weighted by molar-refractivity contribution is 9.10. The van der Waals surface area contributed by atoms with E-state index in [2.05, 4.69) is 28.2 Å². The highest BCUT2D eigenvalue weighted by Crippen LogP contribution is 2.21. The molecule has 22 heavy (non-hydrogen) atoms. The van der Waals surface area contributed by atoms with E-state index in [9.17, 15) is 14.7 Å². The predicted octanol–water partition coefficient (Wildman–Crippen LogP) is 1.04. The smallest absolute Gasteiger partial charge is 0.230 e. The summed E-state index contributed by atoms with van der Waals surface area (Å²) < 4.78 is 0.761. The third kappa shape index (κ3) is 7.04. The fourth-order valence-corrected chi connectivity index (χ4v) is 2.50. The van der Waals surface area contributed by atoms with Crippen LogP contribution in [0, 0.1) is 0 Å². The predicted molar refractivity (Wildman–Crippen MR) is 87.1 cm³/mol. The van der Waals surface area contributed by atoms with Crippen molar-refractivity contribution in [2.45, 2.75) is 45.1 Å². The number of nitrogens with one attached hydrogen (secondary N) is 1. The SMILES string of the molecule is CCCCCC[NH2+][C@@H](CC(=O)Nc1ccccc1Br)C(=O)[O-]. The lowest BCUT2D eigenvalue weighted by atomic mass is 10.1. The van der Waals surface area contributed by atoms with E-state index in [0.29, 0.717) is 12.2 Å². The van der Waals surface area contributed by atoms with E-state index in [1.807, 2.05) is 12.1 Å². The molecule has 5 nitrogen and oxygen atoms in total. The van der Waals surface area contributed by atoms with Gasteiger partial charge in [-0.3, -0.25) is 4.79 Å². The van der Waals surface area contributed by atoms with Gasteiger partial charge in [0.05, 0.1) is 24.6 Å². The molecular weight excluding hydrogens is 348 g/mol. The number of halogens is 1. The first kappa shape index (κ1) is 18.6. The third-order valence-electron chi connectivity index (χ3n) is 3.36. The van der Waals surface area contributed by atoms with E-state index < -0.39 is 12.0 Å². The molecule has 0 radical (unpaired) electrons. The molecule has 0 heterocycles. The monoisotopic (exact) mass is 370 g/mol. The van der Waals surface area contributed by atoms with Crippen molar-refractivity contribution in [3.05, 3.63) is 28.7 Å². The van der Waals surface area contributed by atoms with Gasteiger partial charge in [0.25, 0.3) is 0 Å². The normalized spacial score (nSPS) is 11.9. The van der Waals surface area contributed by atoms with Crippen LogP contribution >= 0.6 is 15.9 Å². The Morgan fingerprint density at radius 1 is 1.27 bits per heavy atom. The first-order valence-electron chi connectivity index (χ1n) is 7.63. The van der Waals surface area contributed by atoms with Gasteiger partial charge in [-0.15, -0.1) is 0 Å². The van der Waals surface area contributed by atoms with Crippen LogP contribution in [0.25, 0.3) is 0 Å². The number of nitrogens with two attached hydrogens (primary N) is 1. The maximum atomic E-state index is 12.0. The lowest BCUT2D eigenvalue weighted by Crippen LogP contribution is -2.93. The molecule has 0 bridgehead atoms. The Hall–Kier alpha value is -1.40. The first-order valence-corrected chi connectivity index (χ1v) is 8.42. The quantitative estimate of drug-likeness (QED) is 0.603. The molecule has 0 saturated heterocycles. The molecule has 1 rings (SSSR count). The van der Waals surface area contributed by atoms with Crippen LogP contribution in [0.5, 0.6) is 0 Å². The number of benzene rings is 1. The van der Waals surface area contributed by atoms with Crippen molar-refractivity contribution in [3.63, 3.8) is 0 Å². The molecule has 0 aliphatic carbocycles. The van der Waals surface area contributed by atoms with Gasteiger partial charge in [0.2, 0.25) is 5.91 Å². The number of hydrogen-bond donors (Lipinski definition) is 2. The molecule has 1 aromatic rings. The summed E-state index contributed by atoms with van der Waals surface area (Å²) in [5.74, 6) is -1.52. The van der Waals surface area contributed by atoms with Crippen LogP contribution in [0.3, 0.4) is 0 Å². The van der Waals surface area contributed by atoms with E-state index in [0.717, 1.165) is 30.2 Å². The molecule has 0 saturated carbocycles. The van der Waals surface area contributed by atoms with Crippen molar-refractivity contribution in [2.75, 3.05) is 11.9 Å². The van der Waals surface area contributed by atoms with E-state index >= 15 is 0 Å². The summed E-state index contributed by atoms with van der Waals surface area (Å²) in [6.07, 6.45) is 4.21. The Bertz CT molecular complexity index is 494. The van der Waals surface area contributed by atoms with Crippen molar-refractivity contribution in [1.82, 2.24) is 0 Å². The second kappa shape index (κ2) is 10.3. The number of anilines is 1. The molecule has 1 aromatic carbocycles. The van der Waals surface area contributed by atoms with Crippen LogP contribution < -0.4 is 15.7 Å². The average Bonchev–Trinajstić information content (AvgIpc) is 2.48. The Kier molecular flexibility index (Phi) is 8.77. The zero-order valence-corrected chi connectivity index (χ0v) is 14.4. The Balaban J connectivity index is 2.44. The van der Waals surface area contributed by atoms with Gasteiger partial charge in [-0.1, -0.05) is 31.9 Å². The number of unbranched alkanes of at least 4 members (excludes halogenated alkanes) is 3. The standard InChI is InChI=1S/C16H23BrN2O3/c1-2-3-4-7-10-18-14(16(21)22)11-15(20)19-13-9-6-5-8-12(13)17/h5-6,8-9,14,18H,2-4,7,10-11H2,1H3,(H,19,20)(H,21,22)/t14-/m0/s1. The van der Waals surface area contributed by atoms with E-state index in [4.69, 9.17) is 0 Å². The Labute approximate surface area is 139 Å². The van der Waals surface area contributed by atoms with Gasteiger partial charge in [-0.25, -0.2) is 0 Å². The van der Waals surface area contributed by atoms with Crippen LogP contribution in [0.2, 0.25) is 0 Å². The highest BCUT2D eigenvalue weighted by Gasteiger charge is 2.18. The Morgan fingerprint density at radius 2 is 2.00 bits per heavy atom. The maximum absolute atomic E-state index is 12.0. The van der Waals surface area contributed by atoms with E-state index in [-0.39, 0.29) is 12.3 Å². The fourth-order valence-electron chi connectivity index (χ4n) is 2.12. The van der Waals surface area contributed by atoms with Gasteiger partial charge >= 0.3 is 0 Å². The number of carbonyl (C=O) groups is 2. The zero-order valence-electron chi connectivity index (χ0n) is 12.8. The molecular formula is C16H23BrN2O3. The molecule has 0 aliphatic heterocycles. The molecule has 0 spiro atoms. The van der Waals surface area contributed by atoms with Crippen molar-refractivity contribution in [2.24, 2.45) is 0 Å². The summed E-state index contributed by atoms with van der Waals surface area (Å²) in [6.45, 7) is 2.82. The van der Waals surface area contributed by atoms with Crippen molar-refractivity contribution in [1.29, 1.82) is 0 Å². The molecule has 3 N–H and O–H groups in total. The number of para-hydroxylation sites is 1. The number of carbonyl (C=O) groups excluding carboxylic acids is 2. The molecule has 1 amide bonds. The molecule has 0 fully saturated rings. The summed E-state index contributed by atoms with van der Waals surface area (Å²) >= 11 is 3.33. The van der Waals surface area contributed by atoms with Gasteiger partial charge in [-0.05, 0) is 40.9 Å². The van der Waals surface area contributed by atoms with Crippen molar-refractivity contribution < 1.29 is 20.0 Å². The minimum Gasteiger partial charge on any atom is -0.544 e. The first-order chi connectivity index (χ1) is 10.5. The largest absolute Gasteiger partial charge is 0.544 e. The maximum Gasteiger partial charge on any atom is 0.230 e. The van der Waals surface area contributed by atoms with Crippen LogP contribution in [0.15, 0.2) is 28.7 Å². The lowest BCUT2D eigenvalue weighted by Gasteiger charge is -2.16. The molecule has 6 heteroatoms. The van der Waals surface area contributed by atoms with Crippen LogP contribution in [-0.4, -0.2) is 24.5 Å². The van der Waals surface area contributed by atoms with Crippen LogP contribution in [-0.2, 0) is 9.59 Å². The van der Waals surface area contributed by atoms with E-state index in [1.165, 1.54) is 0 Å². The number of carboxylic acid groups (broad SMARTS) is 1. The fraction of sp³-hybridized carbons (Fsp3) is 0.500. The lowest BCUT2D eigenvalue weighted by molar-refractivity contribution is -0.682. The van der Waals surface area contributed by atoms with Crippen LogP contribution in [0.4, 0.5) is 5.69 Å². The molecule has 0 aromatic heterocycles. The van der Waals surface area contributed by atoms with Gasteiger partial charge in [-0.2, -0.15) is 0 Å². The average molecular weight is 371 g/mol. The van der Waals surface area contributed by atoms with Gasteiger partial charge in [0, 0.05) is 4.47 Å². The minimum atomic E-state index is -1.20. The zero-order chi connectivity index (χ0) is 16.4. The number of rotatable bonds is 10. The number of amides is 1. The van der Waals surface area contributed by atoms with E-state index in [1.54, 1.807) is 17.4 Å². The Morgan fingerprint density at radius 3 is 2.64 bits per heavy atom.